The van der Waals surface area contributed by atoms with Gasteiger partial charge in [0.1, 0.15) is 5.82 Å². The van der Waals surface area contributed by atoms with Crippen LogP contribution in [0, 0.1) is 5.92 Å². The molecule has 2 unspecified atom stereocenters. The summed E-state index contributed by atoms with van der Waals surface area (Å²) >= 11 is 0. The van der Waals surface area contributed by atoms with E-state index in [2.05, 4.69) is 29.2 Å². The van der Waals surface area contributed by atoms with Crippen LogP contribution in [0.1, 0.15) is 29.8 Å². The number of imidazole rings is 1. The second kappa shape index (κ2) is 5.80. The van der Waals surface area contributed by atoms with Gasteiger partial charge in [0.2, 0.25) is 0 Å². The van der Waals surface area contributed by atoms with Crippen molar-refractivity contribution in [1.82, 2.24) is 9.55 Å². The molecule has 106 valence electrons. The van der Waals surface area contributed by atoms with Crippen molar-refractivity contribution in [2.24, 2.45) is 13.0 Å². The van der Waals surface area contributed by atoms with E-state index in [9.17, 15) is 5.11 Å². The monoisotopic (exact) mass is 270 g/mol. The summed E-state index contributed by atoms with van der Waals surface area (Å²) in [6.07, 6.45) is 8.41. The molecule has 3 heteroatoms. The van der Waals surface area contributed by atoms with Gasteiger partial charge < -0.3 is 9.67 Å². The van der Waals surface area contributed by atoms with Gasteiger partial charge in [-0.15, -0.1) is 0 Å². The van der Waals surface area contributed by atoms with Gasteiger partial charge in [-0.25, -0.2) is 4.98 Å². The van der Waals surface area contributed by atoms with Crippen LogP contribution in [0.3, 0.4) is 0 Å². The Kier molecular flexibility index (Phi) is 3.88. The van der Waals surface area contributed by atoms with Crippen LogP contribution in [0.2, 0.25) is 0 Å². The molecule has 3 nitrogen and oxygen atoms in total. The summed E-state index contributed by atoms with van der Waals surface area (Å²) in [5.41, 5.74) is 2.87. The van der Waals surface area contributed by atoms with E-state index in [1.54, 1.807) is 0 Å². The van der Waals surface area contributed by atoms with Gasteiger partial charge in [0.15, 0.2) is 0 Å². The van der Waals surface area contributed by atoms with Crippen molar-refractivity contribution >= 4 is 0 Å². The minimum atomic E-state index is -0.222. The number of aryl methyl sites for hydroxylation is 3. The molecule has 2 aromatic rings. The van der Waals surface area contributed by atoms with Crippen molar-refractivity contribution in [2.75, 3.05) is 0 Å². The first-order valence-corrected chi connectivity index (χ1v) is 7.45. The van der Waals surface area contributed by atoms with Crippen LogP contribution in [-0.2, 0) is 26.3 Å². The van der Waals surface area contributed by atoms with Crippen LogP contribution in [0.5, 0.6) is 0 Å². The number of hydrogen-bond acceptors (Lipinski definition) is 2. The lowest BCUT2D eigenvalue weighted by atomic mass is 9.80. The minimum absolute atomic E-state index is 0.222. The summed E-state index contributed by atoms with van der Waals surface area (Å²) in [6.45, 7) is 0. The highest BCUT2D eigenvalue weighted by Gasteiger charge is 2.24. The van der Waals surface area contributed by atoms with Crippen molar-refractivity contribution < 1.29 is 5.11 Å². The Morgan fingerprint density at radius 1 is 1.35 bits per heavy atom. The summed E-state index contributed by atoms with van der Waals surface area (Å²) in [5, 5.41) is 10.5. The molecule has 0 amide bonds. The Morgan fingerprint density at radius 3 is 2.90 bits per heavy atom. The van der Waals surface area contributed by atoms with E-state index in [1.807, 2.05) is 24.0 Å². The van der Waals surface area contributed by atoms with E-state index in [4.69, 9.17) is 0 Å². The highest BCUT2D eigenvalue weighted by atomic mass is 16.3. The molecular weight excluding hydrogens is 248 g/mol. The number of hydrogen-bond donors (Lipinski definition) is 1. The van der Waals surface area contributed by atoms with Crippen molar-refractivity contribution in [2.45, 2.75) is 38.2 Å². The summed E-state index contributed by atoms with van der Waals surface area (Å²) in [7, 11) is 2.01. The summed E-state index contributed by atoms with van der Waals surface area (Å²) < 4.78 is 2.03. The maximum absolute atomic E-state index is 10.5. The standard InChI is InChI=1S/C17H22N2O/c1-19-11-10-18-17(19)9-8-16(20)15-7-6-13-4-2-3-5-14(13)12-15/h2-5,10-11,15-16,20H,6-9,12H2,1H3. The molecule has 20 heavy (non-hydrogen) atoms. The molecule has 2 atom stereocenters. The molecule has 1 aliphatic rings. The maximum Gasteiger partial charge on any atom is 0.108 e. The van der Waals surface area contributed by atoms with Crippen LogP contribution in [0.4, 0.5) is 0 Å². The highest BCUT2D eigenvalue weighted by Crippen LogP contribution is 2.28. The molecule has 0 aliphatic heterocycles. The predicted molar refractivity (Wildman–Crippen MR) is 79.5 cm³/mol. The Morgan fingerprint density at radius 2 is 2.15 bits per heavy atom. The molecule has 0 saturated carbocycles. The van der Waals surface area contributed by atoms with Crippen molar-refractivity contribution in [3.8, 4) is 0 Å². The first-order valence-electron chi connectivity index (χ1n) is 7.45. The van der Waals surface area contributed by atoms with Crippen molar-refractivity contribution in [1.29, 1.82) is 0 Å². The molecule has 1 heterocycles. The average molecular weight is 270 g/mol. The molecule has 0 fully saturated rings. The number of aliphatic hydroxyl groups is 1. The highest BCUT2D eigenvalue weighted by molar-refractivity contribution is 5.29. The predicted octanol–water partition coefficient (Wildman–Crippen LogP) is 2.52. The Balaban J connectivity index is 1.59. The Hall–Kier alpha value is -1.61. The minimum Gasteiger partial charge on any atom is -0.393 e. The number of aliphatic hydroxyl groups excluding tert-OH is 1. The van der Waals surface area contributed by atoms with E-state index in [-0.39, 0.29) is 6.10 Å². The number of benzene rings is 1. The molecule has 0 spiro atoms. The van der Waals surface area contributed by atoms with Crippen LogP contribution >= 0.6 is 0 Å². The summed E-state index contributed by atoms with van der Waals surface area (Å²) in [4.78, 5) is 4.32. The third-order valence-corrected chi connectivity index (χ3v) is 4.51. The third-order valence-electron chi connectivity index (χ3n) is 4.51. The number of fused-ring (bicyclic) bond motifs is 1. The first-order chi connectivity index (χ1) is 9.74. The molecule has 0 bridgehead atoms. The summed E-state index contributed by atoms with van der Waals surface area (Å²) in [5.74, 6) is 1.45. The fourth-order valence-corrected chi connectivity index (χ4v) is 3.20. The van der Waals surface area contributed by atoms with Crippen molar-refractivity contribution in [3.05, 3.63) is 53.6 Å². The number of rotatable bonds is 4. The molecule has 1 aromatic heterocycles. The second-order valence-corrected chi connectivity index (χ2v) is 5.83. The van der Waals surface area contributed by atoms with Crippen LogP contribution in [-0.4, -0.2) is 20.8 Å². The molecular formula is C17H22N2O. The SMILES string of the molecule is Cn1ccnc1CCC(O)C1CCc2ccccc2C1. The van der Waals surface area contributed by atoms with Gasteiger partial charge in [-0.05, 0) is 42.7 Å². The van der Waals surface area contributed by atoms with E-state index in [0.717, 1.165) is 37.9 Å². The van der Waals surface area contributed by atoms with Gasteiger partial charge in [-0.1, -0.05) is 24.3 Å². The van der Waals surface area contributed by atoms with Crippen LogP contribution in [0.25, 0.3) is 0 Å². The van der Waals surface area contributed by atoms with Crippen LogP contribution < -0.4 is 0 Å². The quantitative estimate of drug-likeness (QED) is 0.927. The fourth-order valence-electron chi connectivity index (χ4n) is 3.20. The largest absolute Gasteiger partial charge is 0.393 e. The smallest absolute Gasteiger partial charge is 0.108 e. The normalized spacial score (nSPS) is 19.6. The molecule has 0 saturated heterocycles. The zero-order chi connectivity index (χ0) is 13.9. The van der Waals surface area contributed by atoms with Gasteiger partial charge >= 0.3 is 0 Å². The van der Waals surface area contributed by atoms with Crippen LogP contribution in [0.15, 0.2) is 36.7 Å². The van der Waals surface area contributed by atoms with Gasteiger partial charge in [-0.2, -0.15) is 0 Å². The van der Waals surface area contributed by atoms with E-state index in [1.165, 1.54) is 11.1 Å². The van der Waals surface area contributed by atoms with Gasteiger partial charge in [-0.3, -0.25) is 0 Å². The number of aromatic nitrogens is 2. The van der Waals surface area contributed by atoms with Crippen molar-refractivity contribution in [3.63, 3.8) is 0 Å². The zero-order valence-electron chi connectivity index (χ0n) is 12.0. The number of nitrogens with zero attached hydrogens (tertiary/aromatic N) is 2. The molecule has 0 radical (unpaired) electrons. The Bertz CT molecular complexity index is 576. The lowest BCUT2D eigenvalue weighted by Crippen LogP contribution is -2.27. The lowest BCUT2D eigenvalue weighted by Gasteiger charge is -2.28. The topological polar surface area (TPSA) is 38.0 Å². The first kappa shape index (κ1) is 13.4. The van der Waals surface area contributed by atoms with Gasteiger partial charge in [0, 0.05) is 25.9 Å². The summed E-state index contributed by atoms with van der Waals surface area (Å²) in [6, 6.07) is 8.62. The lowest BCUT2D eigenvalue weighted by molar-refractivity contribution is 0.0904. The fraction of sp³-hybridized carbons (Fsp3) is 0.471. The molecule has 3 rings (SSSR count). The zero-order valence-corrected chi connectivity index (χ0v) is 12.0. The molecule has 1 aromatic carbocycles. The van der Waals surface area contributed by atoms with E-state index < -0.39 is 0 Å². The average Bonchev–Trinajstić information content (AvgIpc) is 2.89. The molecule has 1 N–H and O–H groups in total. The maximum atomic E-state index is 10.5. The molecule has 1 aliphatic carbocycles. The van der Waals surface area contributed by atoms with E-state index in [0.29, 0.717) is 5.92 Å². The third kappa shape index (κ3) is 2.78. The second-order valence-electron chi connectivity index (χ2n) is 5.83. The van der Waals surface area contributed by atoms with E-state index >= 15 is 0 Å². The van der Waals surface area contributed by atoms with Gasteiger partial charge in [0.05, 0.1) is 6.10 Å². The van der Waals surface area contributed by atoms with Gasteiger partial charge in [0.25, 0.3) is 0 Å². The Labute approximate surface area is 120 Å².